The van der Waals surface area contributed by atoms with E-state index in [9.17, 15) is 14.0 Å². The van der Waals surface area contributed by atoms with Gasteiger partial charge in [-0.2, -0.15) is 0 Å². The van der Waals surface area contributed by atoms with Gasteiger partial charge in [0.25, 0.3) is 11.5 Å². The van der Waals surface area contributed by atoms with Crippen LogP contribution in [-0.2, 0) is 17.9 Å². The molecule has 1 N–H and O–H groups in total. The first-order chi connectivity index (χ1) is 16.9. The number of hydrogen-bond donors (Lipinski definition) is 1. The van der Waals surface area contributed by atoms with Gasteiger partial charge in [0.05, 0.1) is 29.8 Å². The Morgan fingerprint density at radius 3 is 2.71 bits per heavy atom. The van der Waals surface area contributed by atoms with Crippen molar-refractivity contribution in [2.75, 3.05) is 5.32 Å². The van der Waals surface area contributed by atoms with Crippen molar-refractivity contribution in [2.24, 2.45) is 0 Å². The zero-order valence-electron chi connectivity index (χ0n) is 18.5. The highest BCUT2D eigenvalue weighted by Crippen LogP contribution is 2.34. The summed E-state index contributed by atoms with van der Waals surface area (Å²) in [5.74, 6) is 0.334. The van der Waals surface area contributed by atoms with Crippen LogP contribution >= 0.6 is 24.0 Å². The molecule has 5 rings (SSSR count). The Kier molecular flexibility index (Phi) is 6.23. The minimum atomic E-state index is -0.354. The number of benzene rings is 1. The third-order valence-corrected chi connectivity index (χ3v) is 6.88. The SMILES string of the molecule is Cc1cccn2c(=O)c(/C=C3/SC(=S)N(Cc4ccc(F)cc4)C3=O)c(NCc3ccco3)nc12. The van der Waals surface area contributed by atoms with Gasteiger partial charge in [-0.15, -0.1) is 0 Å². The van der Waals surface area contributed by atoms with E-state index in [1.165, 1.54) is 27.5 Å². The van der Waals surface area contributed by atoms with Crippen LogP contribution in [0, 0.1) is 12.7 Å². The van der Waals surface area contributed by atoms with Crippen molar-refractivity contribution >= 4 is 51.7 Å². The molecular formula is C25H19FN4O3S2. The smallest absolute Gasteiger partial charge is 0.267 e. The van der Waals surface area contributed by atoms with Crippen molar-refractivity contribution in [3.05, 3.63) is 105 Å². The van der Waals surface area contributed by atoms with E-state index < -0.39 is 0 Å². The Hall–Kier alpha value is -3.76. The van der Waals surface area contributed by atoms with Gasteiger partial charge in [-0.3, -0.25) is 18.9 Å². The highest BCUT2D eigenvalue weighted by Gasteiger charge is 2.32. The quantitative estimate of drug-likeness (QED) is 0.299. The molecule has 0 unspecified atom stereocenters. The lowest BCUT2D eigenvalue weighted by molar-refractivity contribution is -0.122. The Balaban J connectivity index is 1.53. The first-order valence-corrected chi connectivity index (χ1v) is 11.9. The lowest BCUT2D eigenvalue weighted by Gasteiger charge is -2.14. The number of furan rings is 1. The van der Waals surface area contributed by atoms with E-state index in [0.717, 1.165) is 22.9 Å². The van der Waals surface area contributed by atoms with Gasteiger partial charge in [0, 0.05) is 6.20 Å². The fourth-order valence-electron chi connectivity index (χ4n) is 3.70. The van der Waals surface area contributed by atoms with Crippen molar-refractivity contribution in [2.45, 2.75) is 20.0 Å². The van der Waals surface area contributed by atoms with Crippen LogP contribution in [0.25, 0.3) is 11.7 Å². The molecule has 0 saturated carbocycles. The van der Waals surface area contributed by atoms with Gasteiger partial charge in [0.2, 0.25) is 0 Å². The fourth-order valence-corrected chi connectivity index (χ4v) is 4.94. The summed E-state index contributed by atoms with van der Waals surface area (Å²) in [6.45, 7) is 2.40. The minimum Gasteiger partial charge on any atom is -0.467 e. The van der Waals surface area contributed by atoms with Crippen LogP contribution < -0.4 is 10.9 Å². The van der Waals surface area contributed by atoms with E-state index in [0.29, 0.717) is 33.0 Å². The summed E-state index contributed by atoms with van der Waals surface area (Å²) in [6.07, 6.45) is 4.74. The van der Waals surface area contributed by atoms with E-state index in [2.05, 4.69) is 10.3 Å². The number of pyridine rings is 1. The summed E-state index contributed by atoms with van der Waals surface area (Å²) in [4.78, 5) is 33.1. The van der Waals surface area contributed by atoms with Crippen LogP contribution in [0.15, 0.2) is 75.1 Å². The van der Waals surface area contributed by atoms with E-state index in [-0.39, 0.29) is 29.4 Å². The topological polar surface area (TPSA) is 79.9 Å². The number of fused-ring (bicyclic) bond motifs is 1. The number of carbonyl (C=O) groups excluding carboxylic acids is 1. The van der Waals surface area contributed by atoms with Crippen LogP contribution in [-0.4, -0.2) is 24.5 Å². The van der Waals surface area contributed by atoms with Gasteiger partial charge in [0.1, 0.15) is 27.4 Å². The first-order valence-electron chi connectivity index (χ1n) is 10.7. The van der Waals surface area contributed by atoms with Crippen LogP contribution in [0.2, 0.25) is 0 Å². The first kappa shape index (κ1) is 23.0. The molecule has 3 aromatic heterocycles. The van der Waals surface area contributed by atoms with Crippen LogP contribution in [0.3, 0.4) is 0 Å². The Morgan fingerprint density at radius 1 is 1.17 bits per heavy atom. The van der Waals surface area contributed by atoms with E-state index in [1.54, 1.807) is 36.7 Å². The summed E-state index contributed by atoms with van der Waals surface area (Å²) in [7, 11) is 0. The summed E-state index contributed by atoms with van der Waals surface area (Å²) >= 11 is 6.54. The van der Waals surface area contributed by atoms with Crippen molar-refractivity contribution in [3.8, 4) is 0 Å². The second-order valence-electron chi connectivity index (χ2n) is 7.89. The zero-order valence-corrected chi connectivity index (χ0v) is 20.2. The highest BCUT2D eigenvalue weighted by atomic mass is 32.2. The average molecular weight is 507 g/mol. The second-order valence-corrected chi connectivity index (χ2v) is 9.57. The Morgan fingerprint density at radius 2 is 1.97 bits per heavy atom. The van der Waals surface area contributed by atoms with E-state index in [4.69, 9.17) is 16.6 Å². The molecule has 1 fully saturated rings. The number of amides is 1. The molecule has 10 heteroatoms. The summed E-state index contributed by atoms with van der Waals surface area (Å²) < 4.78 is 20.5. The standard InChI is InChI=1S/C25H19FN4O3S2/c1-15-4-2-10-29-22(15)28-21(27-13-18-5-3-11-33-18)19(23(29)31)12-20-24(32)30(25(34)35-20)14-16-6-8-17(26)9-7-16/h2-12,27H,13-14H2,1H3/b20-12+. The summed E-state index contributed by atoms with van der Waals surface area (Å²) in [6, 6.07) is 13.1. The maximum absolute atomic E-state index is 13.5. The van der Waals surface area contributed by atoms with Crippen molar-refractivity contribution in [1.82, 2.24) is 14.3 Å². The molecule has 1 aromatic carbocycles. The lowest BCUT2D eigenvalue weighted by atomic mass is 10.2. The number of anilines is 1. The number of hydrogen-bond acceptors (Lipinski definition) is 7. The minimum absolute atomic E-state index is 0.208. The number of aryl methyl sites for hydroxylation is 1. The van der Waals surface area contributed by atoms with Crippen molar-refractivity contribution in [3.63, 3.8) is 0 Å². The van der Waals surface area contributed by atoms with Gasteiger partial charge in [-0.05, 0) is 54.5 Å². The molecule has 1 amide bonds. The molecule has 0 aliphatic carbocycles. The largest absolute Gasteiger partial charge is 0.467 e. The molecule has 7 nitrogen and oxygen atoms in total. The molecule has 1 saturated heterocycles. The van der Waals surface area contributed by atoms with E-state index in [1.807, 2.05) is 19.1 Å². The number of nitrogens with zero attached hydrogens (tertiary/aromatic N) is 3. The van der Waals surface area contributed by atoms with Gasteiger partial charge in [-0.1, -0.05) is 42.2 Å². The zero-order chi connectivity index (χ0) is 24.5. The molecule has 176 valence electrons. The Labute approximate surface area is 209 Å². The predicted octanol–water partition coefficient (Wildman–Crippen LogP) is 4.75. The number of halogens is 1. The maximum atomic E-state index is 13.5. The van der Waals surface area contributed by atoms with Crippen LogP contribution in [0.4, 0.5) is 10.2 Å². The molecule has 4 heterocycles. The molecule has 0 spiro atoms. The normalized spacial score (nSPS) is 14.9. The van der Waals surface area contributed by atoms with Gasteiger partial charge in [-0.25, -0.2) is 9.37 Å². The fraction of sp³-hybridized carbons (Fsp3) is 0.120. The number of carbonyl (C=O) groups is 1. The summed E-state index contributed by atoms with van der Waals surface area (Å²) in [5.41, 5.74) is 2.02. The van der Waals surface area contributed by atoms with E-state index >= 15 is 0 Å². The van der Waals surface area contributed by atoms with Crippen molar-refractivity contribution < 1.29 is 13.6 Å². The average Bonchev–Trinajstić information content (AvgIpc) is 3.45. The third kappa shape index (κ3) is 4.62. The summed E-state index contributed by atoms with van der Waals surface area (Å²) in [5, 5.41) is 3.17. The number of nitrogens with one attached hydrogen (secondary N) is 1. The van der Waals surface area contributed by atoms with Gasteiger partial charge < -0.3 is 9.73 Å². The number of thioether (sulfide) groups is 1. The molecular weight excluding hydrogens is 487 g/mol. The molecule has 1 aliphatic heterocycles. The predicted molar refractivity (Wildman–Crippen MR) is 137 cm³/mol. The number of thiocarbonyl (C=S) groups is 1. The molecule has 1 aliphatic rings. The molecule has 0 radical (unpaired) electrons. The Bertz CT molecular complexity index is 1530. The van der Waals surface area contributed by atoms with Gasteiger partial charge >= 0.3 is 0 Å². The third-order valence-electron chi connectivity index (χ3n) is 5.50. The highest BCUT2D eigenvalue weighted by molar-refractivity contribution is 8.26. The molecule has 35 heavy (non-hydrogen) atoms. The lowest BCUT2D eigenvalue weighted by Crippen LogP contribution is -2.27. The number of aromatic nitrogens is 2. The molecule has 0 atom stereocenters. The second kappa shape index (κ2) is 9.47. The molecule has 4 aromatic rings. The number of rotatable bonds is 6. The van der Waals surface area contributed by atoms with Crippen molar-refractivity contribution in [1.29, 1.82) is 0 Å². The van der Waals surface area contributed by atoms with Gasteiger partial charge in [0.15, 0.2) is 0 Å². The monoisotopic (exact) mass is 506 g/mol. The maximum Gasteiger partial charge on any atom is 0.267 e. The molecule has 0 bridgehead atoms. The van der Waals surface area contributed by atoms with Crippen LogP contribution in [0.5, 0.6) is 0 Å². The van der Waals surface area contributed by atoms with Crippen LogP contribution in [0.1, 0.15) is 22.5 Å².